The van der Waals surface area contributed by atoms with Gasteiger partial charge in [0.2, 0.25) is 0 Å². The van der Waals surface area contributed by atoms with Crippen molar-refractivity contribution in [2.24, 2.45) is 0 Å². The maximum atomic E-state index is 2.42. The molecule has 2 rings (SSSR count). The van der Waals surface area contributed by atoms with Crippen LogP contribution in [-0.2, 0) is 0 Å². The van der Waals surface area contributed by atoms with Crippen LogP contribution in [0.15, 0.2) is 21.2 Å². The second-order valence-corrected chi connectivity index (χ2v) is 7.18. The second kappa shape index (κ2) is 4.22. The quantitative estimate of drug-likeness (QED) is 0.708. The molecule has 0 bridgehead atoms. The molecular formula is C12H20N2S2. The minimum absolute atomic E-state index is 0.544. The maximum absolute atomic E-state index is 2.42. The first-order valence-corrected chi connectivity index (χ1v) is 7.33. The molecule has 90 valence electrons. The summed E-state index contributed by atoms with van der Waals surface area (Å²) in [6.45, 7) is 8.89. The van der Waals surface area contributed by atoms with Crippen molar-refractivity contribution in [3.8, 4) is 0 Å². The summed E-state index contributed by atoms with van der Waals surface area (Å²) in [5.41, 5.74) is 2.84. The van der Waals surface area contributed by atoms with Crippen molar-refractivity contribution in [1.29, 1.82) is 0 Å². The van der Waals surface area contributed by atoms with E-state index in [0.717, 1.165) is 0 Å². The van der Waals surface area contributed by atoms with E-state index in [1.54, 1.807) is 0 Å². The summed E-state index contributed by atoms with van der Waals surface area (Å²) < 4.78 is 0. The van der Waals surface area contributed by atoms with Crippen molar-refractivity contribution in [1.82, 2.24) is 9.80 Å². The first-order chi connectivity index (χ1) is 7.43. The molecule has 0 aromatic carbocycles. The zero-order valence-electron chi connectivity index (χ0n) is 10.9. The fourth-order valence-electron chi connectivity index (χ4n) is 2.07. The Hall–Kier alpha value is -0.220. The highest BCUT2D eigenvalue weighted by Gasteiger charge is 2.38. The zero-order valence-corrected chi connectivity index (χ0v) is 12.5. The molecule has 4 heteroatoms. The van der Waals surface area contributed by atoms with Crippen molar-refractivity contribution in [3.05, 3.63) is 21.2 Å². The van der Waals surface area contributed by atoms with Gasteiger partial charge in [0.25, 0.3) is 0 Å². The molecule has 2 aliphatic rings. The zero-order chi connectivity index (χ0) is 12.0. The van der Waals surface area contributed by atoms with Gasteiger partial charge in [0.05, 0.1) is 0 Å². The van der Waals surface area contributed by atoms with Crippen LogP contribution in [0.3, 0.4) is 0 Å². The van der Waals surface area contributed by atoms with Gasteiger partial charge in [-0.25, -0.2) is 0 Å². The number of hydrogen-bond acceptors (Lipinski definition) is 4. The normalized spacial score (nSPS) is 31.1. The summed E-state index contributed by atoms with van der Waals surface area (Å²) in [6, 6.07) is 0. The number of rotatable bonds is 1. The lowest BCUT2D eigenvalue weighted by atomic mass is 10.3. The van der Waals surface area contributed by atoms with Gasteiger partial charge in [0.15, 0.2) is 0 Å². The Morgan fingerprint density at radius 3 is 1.25 bits per heavy atom. The lowest BCUT2D eigenvalue weighted by Crippen LogP contribution is -2.40. The van der Waals surface area contributed by atoms with E-state index in [-0.39, 0.29) is 0 Å². The molecular weight excluding hydrogens is 236 g/mol. The molecule has 2 nitrogen and oxygen atoms in total. The molecule has 0 aliphatic carbocycles. The van der Waals surface area contributed by atoms with Crippen LogP contribution in [0.1, 0.15) is 27.7 Å². The molecule has 0 spiro atoms. The fourth-order valence-corrected chi connectivity index (χ4v) is 4.99. The third-order valence-electron chi connectivity index (χ3n) is 3.68. The van der Waals surface area contributed by atoms with E-state index in [1.165, 1.54) is 21.2 Å². The van der Waals surface area contributed by atoms with Gasteiger partial charge in [-0.1, -0.05) is 0 Å². The smallest absolute Gasteiger partial charge is 0.109 e. The van der Waals surface area contributed by atoms with Crippen LogP contribution in [0.2, 0.25) is 0 Å². The minimum atomic E-state index is 0.544. The van der Waals surface area contributed by atoms with Gasteiger partial charge in [-0.15, -0.1) is 23.5 Å². The molecule has 2 atom stereocenters. The van der Waals surface area contributed by atoms with Gasteiger partial charge in [0, 0.05) is 35.3 Å². The van der Waals surface area contributed by atoms with Gasteiger partial charge in [0.1, 0.15) is 10.7 Å². The van der Waals surface area contributed by atoms with Gasteiger partial charge in [-0.2, -0.15) is 0 Å². The average Bonchev–Trinajstić information content (AvgIpc) is 2.64. The largest absolute Gasteiger partial charge is 0.362 e. The van der Waals surface area contributed by atoms with Gasteiger partial charge >= 0.3 is 0 Å². The van der Waals surface area contributed by atoms with E-state index < -0.39 is 0 Å². The van der Waals surface area contributed by atoms with E-state index in [4.69, 9.17) is 0 Å². The van der Waals surface area contributed by atoms with Crippen LogP contribution in [-0.4, -0.2) is 34.6 Å². The number of likely N-dealkylation sites (N-methyl/N-ethyl adjacent to an activating group) is 2. The summed E-state index contributed by atoms with van der Waals surface area (Å²) in [6.07, 6.45) is 0. The van der Waals surface area contributed by atoms with Gasteiger partial charge < -0.3 is 9.80 Å². The van der Waals surface area contributed by atoms with E-state index in [0.29, 0.717) is 10.7 Å². The summed E-state index contributed by atoms with van der Waals surface area (Å²) in [5.74, 6) is 0. The first-order valence-electron chi connectivity index (χ1n) is 5.57. The Morgan fingerprint density at radius 1 is 0.750 bits per heavy atom. The lowest BCUT2D eigenvalue weighted by molar-refractivity contribution is 0.294. The van der Waals surface area contributed by atoms with Crippen molar-refractivity contribution in [3.63, 3.8) is 0 Å². The minimum Gasteiger partial charge on any atom is -0.362 e. The number of allylic oxidation sites excluding steroid dienone is 4. The van der Waals surface area contributed by atoms with Crippen LogP contribution < -0.4 is 0 Å². The van der Waals surface area contributed by atoms with Crippen LogP contribution in [0, 0.1) is 0 Å². The monoisotopic (exact) mass is 256 g/mol. The van der Waals surface area contributed by atoms with Crippen LogP contribution >= 0.6 is 23.5 Å². The van der Waals surface area contributed by atoms with Crippen LogP contribution in [0.4, 0.5) is 0 Å². The van der Waals surface area contributed by atoms with Crippen LogP contribution in [0.25, 0.3) is 0 Å². The fraction of sp³-hybridized carbons (Fsp3) is 0.667. The molecule has 0 saturated carbocycles. The lowest BCUT2D eigenvalue weighted by Gasteiger charge is -2.33. The molecule has 2 heterocycles. The molecule has 0 amide bonds. The standard InChI is InChI=1S/C12H20N2S2/c1-7-9(3)15-11(13(7)5)12-14(6)8(2)10(4)16-12/h11-12H,1-6H3. The predicted octanol–water partition coefficient (Wildman–Crippen LogP) is 3.50. The second-order valence-electron chi connectivity index (χ2n) is 4.52. The maximum Gasteiger partial charge on any atom is 0.109 e. The first kappa shape index (κ1) is 12.2. The van der Waals surface area contributed by atoms with Crippen molar-refractivity contribution < 1.29 is 0 Å². The highest BCUT2D eigenvalue weighted by Crippen LogP contribution is 2.47. The average molecular weight is 256 g/mol. The molecule has 0 aromatic rings. The summed E-state index contributed by atoms with van der Waals surface area (Å²) >= 11 is 4.01. The summed E-state index contributed by atoms with van der Waals surface area (Å²) in [5, 5.41) is 1.09. The van der Waals surface area contributed by atoms with E-state index in [2.05, 4.69) is 51.6 Å². The summed E-state index contributed by atoms with van der Waals surface area (Å²) in [7, 11) is 4.42. The van der Waals surface area contributed by atoms with Crippen molar-refractivity contribution in [2.45, 2.75) is 38.4 Å². The van der Waals surface area contributed by atoms with E-state index >= 15 is 0 Å². The van der Waals surface area contributed by atoms with Gasteiger partial charge in [-0.05, 0) is 27.7 Å². The highest BCUT2D eigenvalue weighted by atomic mass is 32.2. The molecule has 0 radical (unpaired) electrons. The van der Waals surface area contributed by atoms with Gasteiger partial charge in [-0.3, -0.25) is 0 Å². The van der Waals surface area contributed by atoms with Crippen molar-refractivity contribution >= 4 is 23.5 Å². The Kier molecular flexibility index (Phi) is 3.23. The molecule has 0 fully saturated rings. The third kappa shape index (κ3) is 1.76. The Balaban J connectivity index is 2.14. The molecule has 0 aromatic heterocycles. The number of thioether (sulfide) groups is 2. The topological polar surface area (TPSA) is 6.48 Å². The molecule has 2 unspecified atom stereocenters. The summed E-state index contributed by atoms with van der Waals surface area (Å²) in [4.78, 5) is 7.76. The molecule has 16 heavy (non-hydrogen) atoms. The number of nitrogens with zero attached hydrogens (tertiary/aromatic N) is 2. The molecule has 2 aliphatic heterocycles. The van der Waals surface area contributed by atoms with Crippen molar-refractivity contribution in [2.75, 3.05) is 14.1 Å². The van der Waals surface area contributed by atoms with E-state index in [1.807, 2.05) is 23.5 Å². The Bertz CT molecular complexity index is 337. The Morgan fingerprint density at radius 2 is 1.06 bits per heavy atom. The predicted molar refractivity (Wildman–Crippen MR) is 75.0 cm³/mol. The number of hydrogen-bond donors (Lipinski definition) is 0. The SMILES string of the molecule is CC1=C(C)N(C)C(C2SC(C)=C(C)N2C)S1. The Labute approximate surface area is 107 Å². The third-order valence-corrected chi connectivity index (χ3v) is 6.78. The van der Waals surface area contributed by atoms with Crippen LogP contribution in [0.5, 0.6) is 0 Å². The molecule has 0 saturated heterocycles. The molecule has 0 N–H and O–H groups in total. The van der Waals surface area contributed by atoms with E-state index in [9.17, 15) is 0 Å². The highest BCUT2D eigenvalue weighted by molar-refractivity contribution is 8.07.